The summed E-state index contributed by atoms with van der Waals surface area (Å²) in [6.45, 7) is 1.64. The van der Waals surface area contributed by atoms with Crippen LogP contribution < -0.4 is 10.6 Å². The molecular formula is C19H25FIN3OS. The summed E-state index contributed by atoms with van der Waals surface area (Å²) < 4.78 is 18.6. The van der Waals surface area contributed by atoms with E-state index in [0.29, 0.717) is 12.1 Å². The van der Waals surface area contributed by atoms with Gasteiger partial charge in [0.25, 0.3) is 0 Å². The molecule has 142 valence electrons. The Labute approximate surface area is 176 Å². The Morgan fingerprint density at radius 1 is 1.15 bits per heavy atom. The number of hydrogen-bond acceptors (Lipinski definition) is 3. The van der Waals surface area contributed by atoms with Gasteiger partial charge in [-0.3, -0.25) is 4.99 Å². The fraction of sp³-hybridized carbons (Fsp3) is 0.316. The van der Waals surface area contributed by atoms with E-state index >= 15 is 0 Å². The first-order valence-corrected chi connectivity index (χ1v) is 9.10. The first-order chi connectivity index (χ1) is 12.2. The normalized spacial score (nSPS) is 11.0. The van der Waals surface area contributed by atoms with Crippen LogP contribution in [0.15, 0.2) is 58.4 Å². The third-order valence-corrected chi connectivity index (χ3v) is 4.51. The number of aliphatic imine (C=N–C) groups is 1. The van der Waals surface area contributed by atoms with Crippen molar-refractivity contribution in [2.75, 3.05) is 26.5 Å². The molecule has 0 unspecified atom stereocenters. The van der Waals surface area contributed by atoms with Crippen molar-refractivity contribution in [2.45, 2.75) is 18.0 Å². The summed E-state index contributed by atoms with van der Waals surface area (Å²) in [7, 11) is 3.30. The lowest BCUT2D eigenvalue weighted by Crippen LogP contribution is -2.37. The average Bonchev–Trinajstić information content (AvgIpc) is 2.64. The quantitative estimate of drug-likeness (QED) is 0.193. The predicted molar refractivity (Wildman–Crippen MR) is 118 cm³/mol. The molecule has 2 aromatic carbocycles. The number of ether oxygens (including phenoxy) is 1. The zero-order valence-corrected chi connectivity index (χ0v) is 18.1. The minimum absolute atomic E-state index is 0. The molecule has 0 radical (unpaired) electrons. The number of thioether (sulfide) groups is 1. The van der Waals surface area contributed by atoms with E-state index in [1.165, 1.54) is 11.0 Å². The molecule has 0 aliphatic rings. The van der Waals surface area contributed by atoms with Gasteiger partial charge in [-0.25, -0.2) is 4.39 Å². The molecule has 0 heterocycles. The summed E-state index contributed by atoms with van der Waals surface area (Å²) in [5.41, 5.74) is 1.54. The molecule has 0 saturated carbocycles. The summed E-state index contributed by atoms with van der Waals surface area (Å²) >= 11 is 1.80. The maximum absolute atomic E-state index is 13.6. The number of nitrogens with zero attached hydrogens (tertiary/aromatic N) is 1. The fourth-order valence-electron chi connectivity index (χ4n) is 2.27. The Balaban J connectivity index is 0.00000338. The van der Waals surface area contributed by atoms with E-state index in [1.54, 1.807) is 32.0 Å². The highest BCUT2D eigenvalue weighted by Crippen LogP contribution is 2.15. The second-order valence-corrected chi connectivity index (χ2v) is 6.54. The fourth-order valence-corrected chi connectivity index (χ4v) is 3.06. The molecule has 0 fully saturated rings. The van der Waals surface area contributed by atoms with Gasteiger partial charge in [0.2, 0.25) is 0 Å². The first-order valence-electron chi connectivity index (χ1n) is 8.11. The standard InChI is InChI=1S/C19H24FN3OS.HI/c1-21-19(22-10-11-25-17-6-4-3-5-7-17)23-13-15-8-9-18(20)16(12-15)14-24-2;/h3-9,12H,10-11,13-14H2,1-2H3,(H2,21,22,23);1H. The number of rotatable bonds is 8. The van der Waals surface area contributed by atoms with Crippen LogP contribution in [0.25, 0.3) is 0 Å². The highest BCUT2D eigenvalue weighted by molar-refractivity contribution is 14.0. The molecule has 0 spiro atoms. The van der Waals surface area contributed by atoms with E-state index < -0.39 is 0 Å². The first kappa shape index (κ1) is 22.7. The number of methoxy groups -OCH3 is 1. The predicted octanol–water partition coefficient (Wildman–Crippen LogP) is 4.05. The smallest absolute Gasteiger partial charge is 0.191 e. The topological polar surface area (TPSA) is 45.7 Å². The van der Waals surface area contributed by atoms with Gasteiger partial charge in [0.05, 0.1) is 6.61 Å². The number of hydrogen-bond donors (Lipinski definition) is 2. The van der Waals surface area contributed by atoms with Crippen molar-refractivity contribution < 1.29 is 9.13 Å². The maximum Gasteiger partial charge on any atom is 0.191 e. The zero-order valence-electron chi connectivity index (χ0n) is 15.0. The van der Waals surface area contributed by atoms with Gasteiger partial charge in [-0.2, -0.15) is 0 Å². The Kier molecular flexibility index (Phi) is 11.3. The van der Waals surface area contributed by atoms with Gasteiger partial charge in [-0.1, -0.05) is 24.3 Å². The molecular weight excluding hydrogens is 464 g/mol. The van der Waals surface area contributed by atoms with E-state index in [2.05, 4.69) is 27.8 Å². The molecule has 0 aliphatic heterocycles. The van der Waals surface area contributed by atoms with Crippen LogP contribution in [0, 0.1) is 5.82 Å². The second-order valence-electron chi connectivity index (χ2n) is 5.37. The second kappa shape index (κ2) is 12.9. The van der Waals surface area contributed by atoms with E-state index in [-0.39, 0.29) is 36.4 Å². The summed E-state index contributed by atoms with van der Waals surface area (Å²) in [6, 6.07) is 15.3. The third-order valence-electron chi connectivity index (χ3n) is 3.50. The molecule has 26 heavy (non-hydrogen) atoms. The van der Waals surface area contributed by atoms with Crippen LogP contribution in [0.1, 0.15) is 11.1 Å². The summed E-state index contributed by atoms with van der Waals surface area (Å²) in [5.74, 6) is 1.43. The van der Waals surface area contributed by atoms with Gasteiger partial charge in [-0.05, 0) is 29.8 Å². The number of benzene rings is 2. The van der Waals surface area contributed by atoms with Gasteiger partial charge in [0, 0.05) is 43.5 Å². The molecule has 2 rings (SSSR count). The van der Waals surface area contributed by atoms with Crippen molar-refractivity contribution in [3.05, 3.63) is 65.5 Å². The van der Waals surface area contributed by atoms with Crippen LogP contribution in [-0.4, -0.2) is 32.4 Å². The summed E-state index contributed by atoms with van der Waals surface area (Å²) in [5, 5.41) is 6.52. The molecule has 2 aromatic rings. The monoisotopic (exact) mass is 489 g/mol. The Morgan fingerprint density at radius 2 is 1.92 bits per heavy atom. The third kappa shape index (κ3) is 7.92. The van der Waals surface area contributed by atoms with Gasteiger partial charge in [0.15, 0.2) is 5.96 Å². The van der Waals surface area contributed by atoms with Crippen molar-refractivity contribution in [1.82, 2.24) is 10.6 Å². The summed E-state index contributed by atoms with van der Waals surface area (Å²) in [6.07, 6.45) is 0. The molecule has 0 amide bonds. The number of nitrogens with one attached hydrogen (secondary N) is 2. The highest BCUT2D eigenvalue weighted by Gasteiger charge is 2.04. The lowest BCUT2D eigenvalue weighted by Gasteiger charge is -2.12. The molecule has 0 bridgehead atoms. The zero-order chi connectivity index (χ0) is 17.9. The largest absolute Gasteiger partial charge is 0.380 e. The van der Waals surface area contributed by atoms with E-state index in [4.69, 9.17) is 4.74 Å². The van der Waals surface area contributed by atoms with E-state index in [1.807, 2.05) is 24.3 Å². The van der Waals surface area contributed by atoms with Crippen molar-refractivity contribution >= 4 is 41.7 Å². The van der Waals surface area contributed by atoms with Crippen LogP contribution in [-0.2, 0) is 17.9 Å². The van der Waals surface area contributed by atoms with E-state index in [9.17, 15) is 4.39 Å². The van der Waals surface area contributed by atoms with Crippen LogP contribution in [0.3, 0.4) is 0 Å². The molecule has 7 heteroatoms. The maximum atomic E-state index is 13.6. The van der Waals surface area contributed by atoms with Gasteiger partial charge < -0.3 is 15.4 Å². The molecule has 0 aliphatic carbocycles. The lowest BCUT2D eigenvalue weighted by molar-refractivity contribution is 0.181. The highest BCUT2D eigenvalue weighted by atomic mass is 127. The Hall–Kier alpha value is -1.32. The lowest BCUT2D eigenvalue weighted by atomic mass is 10.1. The van der Waals surface area contributed by atoms with Gasteiger partial charge in [0.1, 0.15) is 5.82 Å². The van der Waals surface area contributed by atoms with Crippen LogP contribution in [0.5, 0.6) is 0 Å². The molecule has 4 nitrogen and oxygen atoms in total. The molecule has 0 atom stereocenters. The Bertz CT molecular complexity index is 686. The van der Waals surface area contributed by atoms with Gasteiger partial charge >= 0.3 is 0 Å². The molecule has 2 N–H and O–H groups in total. The molecule has 0 aromatic heterocycles. The number of halogens is 2. The SMILES string of the molecule is CN=C(NCCSc1ccccc1)NCc1ccc(F)c(COC)c1.I. The van der Waals surface area contributed by atoms with Crippen molar-refractivity contribution in [3.8, 4) is 0 Å². The van der Waals surface area contributed by atoms with Crippen LogP contribution in [0.2, 0.25) is 0 Å². The van der Waals surface area contributed by atoms with Crippen LogP contribution in [0.4, 0.5) is 4.39 Å². The minimum atomic E-state index is -0.244. The molecule has 0 saturated heterocycles. The average molecular weight is 489 g/mol. The summed E-state index contributed by atoms with van der Waals surface area (Å²) in [4.78, 5) is 5.46. The van der Waals surface area contributed by atoms with Gasteiger partial charge in [-0.15, -0.1) is 35.7 Å². The van der Waals surface area contributed by atoms with Crippen molar-refractivity contribution in [2.24, 2.45) is 4.99 Å². The van der Waals surface area contributed by atoms with E-state index in [0.717, 1.165) is 23.8 Å². The van der Waals surface area contributed by atoms with Crippen LogP contribution >= 0.6 is 35.7 Å². The number of guanidine groups is 1. The van der Waals surface area contributed by atoms with Crippen molar-refractivity contribution in [1.29, 1.82) is 0 Å². The minimum Gasteiger partial charge on any atom is -0.380 e. The Morgan fingerprint density at radius 3 is 2.62 bits per heavy atom. The van der Waals surface area contributed by atoms with Crippen molar-refractivity contribution in [3.63, 3.8) is 0 Å².